The minimum absolute atomic E-state index is 0.177. The highest BCUT2D eigenvalue weighted by molar-refractivity contribution is 7.13. The van der Waals surface area contributed by atoms with E-state index in [0.29, 0.717) is 17.0 Å². The third-order valence-corrected chi connectivity index (χ3v) is 4.87. The van der Waals surface area contributed by atoms with Crippen LogP contribution in [0.2, 0.25) is 0 Å². The van der Waals surface area contributed by atoms with Gasteiger partial charge >= 0.3 is 0 Å². The van der Waals surface area contributed by atoms with Crippen molar-refractivity contribution in [3.63, 3.8) is 0 Å². The maximum atomic E-state index is 12.5. The molecule has 0 fully saturated rings. The first-order valence-electron chi connectivity index (χ1n) is 7.11. The summed E-state index contributed by atoms with van der Waals surface area (Å²) in [6.07, 6.45) is 0.544. The van der Waals surface area contributed by atoms with Crippen molar-refractivity contribution in [1.82, 2.24) is 10.3 Å². The minimum Gasteiger partial charge on any atom is -0.491 e. The van der Waals surface area contributed by atoms with Crippen LogP contribution in [0.4, 0.5) is 0 Å². The number of rotatable bonds is 3. The van der Waals surface area contributed by atoms with Crippen molar-refractivity contribution in [3.05, 3.63) is 45.4 Å². The molecule has 116 valence electrons. The molecule has 5 nitrogen and oxygen atoms in total. The lowest BCUT2D eigenvalue weighted by atomic mass is 9.89. The first-order chi connectivity index (χ1) is 10.5. The fourth-order valence-corrected chi connectivity index (χ4v) is 3.50. The van der Waals surface area contributed by atoms with E-state index in [9.17, 15) is 9.90 Å². The number of ether oxygens (including phenoxy) is 1. The van der Waals surface area contributed by atoms with E-state index >= 15 is 0 Å². The number of nitrogens with one attached hydrogen (secondary N) is 1. The number of hydrogen-bond donors (Lipinski definition) is 2. The van der Waals surface area contributed by atoms with Gasteiger partial charge in [0.25, 0.3) is 5.91 Å². The first kappa shape index (κ1) is 15.0. The Balaban J connectivity index is 1.83. The molecule has 2 N–H and O–H groups in total. The molecule has 1 aromatic heterocycles. The number of carbonyl (C=O) groups excluding carboxylic acids is 1. The zero-order valence-corrected chi connectivity index (χ0v) is 13.4. The van der Waals surface area contributed by atoms with Crippen LogP contribution < -0.4 is 10.1 Å². The largest absolute Gasteiger partial charge is 0.491 e. The second-order valence-electron chi connectivity index (χ2n) is 5.61. The van der Waals surface area contributed by atoms with E-state index in [-0.39, 0.29) is 19.1 Å². The summed E-state index contributed by atoms with van der Waals surface area (Å²) in [6.45, 7) is 3.76. The number of aliphatic hydroxyl groups is 1. The Labute approximate surface area is 133 Å². The van der Waals surface area contributed by atoms with Crippen molar-refractivity contribution in [2.24, 2.45) is 0 Å². The molecule has 22 heavy (non-hydrogen) atoms. The van der Waals surface area contributed by atoms with E-state index in [4.69, 9.17) is 4.74 Å². The molecule has 0 saturated heterocycles. The molecule has 0 saturated carbocycles. The summed E-state index contributed by atoms with van der Waals surface area (Å²) < 4.78 is 5.72. The molecule has 6 heteroatoms. The molecule has 0 radical (unpaired) electrons. The maximum Gasteiger partial charge on any atom is 0.263 e. The van der Waals surface area contributed by atoms with Gasteiger partial charge in [0.2, 0.25) is 0 Å². The van der Waals surface area contributed by atoms with Crippen LogP contribution in [0.15, 0.2) is 24.3 Å². The zero-order valence-electron chi connectivity index (χ0n) is 12.5. The summed E-state index contributed by atoms with van der Waals surface area (Å²) in [4.78, 5) is 17.4. The summed E-state index contributed by atoms with van der Waals surface area (Å²) in [5, 5.41) is 13.6. The molecule has 0 bridgehead atoms. The quantitative estimate of drug-likeness (QED) is 0.906. The Bertz CT molecular complexity index is 713. The second kappa shape index (κ2) is 5.70. The van der Waals surface area contributed by atoms with E-state index in [1.54, 1.807) is 0 Å². The van der Waals surface area contributed by atoms with Crippen LogP contribution in [-0.4, -0.2) is 34.8 Å². The first-order valence-corrected chi connectivity index (χ1v) is 7.93. The Morgan fingerprint density at radius 1 is 1.45 bits per heavy atom. The Kier molecular flexibility index (Phi) is 3.88. The fourth-order valence-electron chi connectivity index (χ4n) is 2.68. The Hall–Kier alpha value is -1.92. The lowest BCUT2D eigenvalue weighted by Crippen LogP contribution is -2.58. The number of aliphatic hydroxyl groups excluding tert-OH is 1. The Morgan fingerprint density at radius 2 is 2.23 bits per heavy atom. The van der Waals surface area contributed by atoms with E-state index < -0.39 is 5.54 Å². The minimum atomic E-state index is -0.796. The van der Waals surface area contributed by atoms with Crippen LogP contribution in [0.25, 0.3) is 0 Å². The van der Waals surface area contributed by atoms with Gasteiger partial charge in [0, 0.05) is 6.42 Å². The summed E-state index contributed by atoms with van der Waals surface area (Å²) in [6, 6.07) is 7.68. The molecule has 1 amide bonds. The summed E-state index contributed by atoms with van der Waals surface area (Å²) in [5.74, 6) is 0.603. The van der Waals surface area contributed by atoms with Crippen molar-refractivity contribution in [3.8, 4) is 5.75 Å². The maximum absolute atomic E-state index is 12.5. The number of aromatic nitrogens is 1. The molecular formula is C16H18N2O3S. The molecule has 1 atom stereocenters. The van der Waals surface area contributed by atoms with E-state index in [1.807, 2.05) is 38.1 Å². The number of benzene rings is 1. The van der Waals surface area contributed by atoms with Crippen molar-refractivity contribution >= 4 is 17.2 Å². The molecule has 0 aliphatic carbocycles. The third kappa shape index (κ3) is 2.71. The van der Waals surface area contributed by atoms with Crippen molar-refractivity contribution in [1.29, 1.82) is 0 Å². The molecule has 1 aliphatic heterocycles. The van der Waals surface area contributed by atoms with Gasteiger partial charge in [-0.2, -0.15) is 0 Å². The van der Waals surface area contributed by atoms with Gasteiger partial charge < -0.3 is 15.2 Å². The lowest BCUT2D eigenvalue weighted by Gasteiger charge is -2.37. The number of carbonyl (C=O) groups is 1. The molecule has 1 aromatic carbocycles. The van der Waals surface area contributed by atoms with Gasteiger partial charge in [0.05, 0.1) is 17.3 Å². The number of amides is 1. The van der Waals surface area contributed by atoms with Crippen LogP contribution in [0, 0.1) is 13.8 Å². The third-order valence-electron chi connectivity index (χ3n) is 3.80. The van der Waals surface area contributed by atoms with Gasteiger partial charge in [-0.25, -0.2) is 4.98 Å². The predicted molar refractivity (Wildman–Crippen MR) is 84.5 cm³/mol. The Morgan fingerprint density at radius 3 is 2.91 bits per heavy atom. The summed E-state index contributed by atoms with van der Waals surface area (Å²) >= 11 is 1.36. The summed E-state index contributed by atoms with van der Waals surface area (Å²) in [7, 11) is 0. The number of fused-ring (bicyclic) bond motifs is 1. The van der Waals surface area contributed by atoms with Gasteiger partial charge in [-0.3, -0.25) is 4.79 Å². The number of aryl methyl sites for hydroxylation is 2. The van der Waals surface area contributed by atoms with Crippen LogP contribution in [0.1, 0.15) is 25.9 Å². The van der Waals surface area contributed by atoms with Crippen LogP contribution in [0.5, 0.6) is 5.75 Å². The highest BCUT2D eigenvalue weighted by Gasteiger charge is 2.37. The van der Waals surface area contributed by atoms with Crippen LogP contribution >= 0.6 is 11.3 Å². The smallest absolute Gasteiger partial charge is 0.263 e. The van der Waals surface area contributed by atoms with Gasteiger partial charge in [0.15, 0.2) is 0 Å². The highest BCUT2D eigenvalue weighted by Crippen LogP contribution is 2.29. The number of thiazole rings is 1. The number of para-hydroxylation sites is 1. The number of nitrogens with zero attached hydrogens (tertiary/aromatic N) is 1. The molecule has 1 unspecified atom stereocenters. The zero-order chi connectivity index (χ0) is 15.7. The van der Waals surface area contributed by atoms with Crippen molar-refractivity contribution in [2.75, 3.05) is 13.2 Å². The molecule has 2 aromatic rings. The van der Waals surface area contributed by atoms with Crippen molar-refractivity contribution < 1.29 is 14.6 Å². The number of hydrogen-bond acceptors (Lipinski definition) is 5. The topological polar surface area (TPSA) is 71.5 Å². The average molecular weight is 318 g/mol. The van der Waals surface area contributed by atoms with E-state index in [2.05, 4.69) is 10.3 Å². The molecule has 2 heterocycles. The standard InChI is InChI=1S/C16H18N2O3S/c1-10-14(22-11(2)17-10)15(20)18-16(8-19)7-12-5-3-4-6-13(12)21-9-16/h3-6,19H,7-9H2,1-2H3,(H,18,20). The van der Waals surface area contributed by atoms with Gasteiger partial charge in [-0.1, -0.05) is 18.2 Å². The summed E-state index contributed by atoms with van der Waals surface area (Å²) in [5.41, 5.74) is 0.904. The normalized spacial score (nSPS) is 20.1. The SMILES string of the molecule is Cc1nc(C)c(C(=O)NC2(CO)COc3ccccc3C2)s1. The van der Waals surface area contributed by atoms with Crippen LogP contribution in [0.3, 0.4) is 0 Å². The van der Waals surface area contributed by atoms with Crippen LogP contribution in [-0.2, 0) is 6.42 Å². The monoisotopic (exact) mass is 318 g/mol. The second-order valence-corrected chi connectivity index (χ2v) is 6.82. The molecule has 3 rings (SSSR count). The predicted octanol–water partition coefficient (Wildman–Crippen LogP) is 1.86. The van der Waals surface area contributed by atoms with E-state index in [1.165, 1.54) is 11.3 Å². The molecular weight excluding hydrogens is 300 g/mol. The average Bonchev–Trinajstić information content (AvgIpc) is 2.86. The molecule has 0 spiro atoms. The van der Waals surface area contributed by atoms with Gasteiger partial charge in [-0.05, 0) is 25.5 Å². The lowest BCUT2D eigenvalue weighted by molar-refractivity contribution is 0.0656. The van der Waals surface area contributed by atoms with Crippen molar-refractivity contribution in [2.45, 2.75) is 25.8 Å². The van der Waals surface area contributed by atoms with Gasteiger partial charge in [0.1, 0.15) is 22.8 Å². The fraction of sp³-hybridized carbons (Fsp3) is 0.375. The highest BCUT2D eigenvalue weighted by atomic mass is 32.1. The molecule has 1 aliphatic rings. The van der Waals surface area contributed by atoms with Gasteiger partial charge in [-0.15, -0.1) is 11.3 Å². The van der Waals surface area contributed by atoms with E-state index in [0.717, 1.165) is 16.3 Å².